The Morgan fingerprint density at radius 3 is 2.67 bits per heavy atom. The van der Waals surface area contributed by atoms with Crippen molar-refractivity contribution < 1.29 is 14.3 Å². The fourth-order valence-corrected chi connectivity index (χ4v) is 4.47. The first kappa shape index (κ1) is 22.7. The van der Waals surface area contributed by atoms with E-state index in [0.29, 0.717) is 40.2 Å². The molecule has 8 heteroatoms. The maximum absolute atomic E-state index is 13.1. The molecule has 0 saturated carbocycles. The van der Waals surface area contributed by atoms with E-state index in [1.165, 1.54) is 18.9 Å². The number of rotatable bonds is 7. The van der Waals surface area contributed by atoms with Gasteiger partial charge in [0.25, 0.3) is 5.56 Å². The highest BCUT2D eigenvalue weighted by Crippen LogP contribution is 2.40. The topological polar surface area (TPSA) is 93.3 Å². The maximum atomic E-state index is 13.1. The third-order valence-electron chi connectivity index (χ3n) is 5.35. The molecule has 1 unspecified atom stereocenters. The van der Waals surface area contributed by atoms with Gasteiger partial charge in [0.05, 0.1) is 24.2 Å². The first-order valence-electron chi connectivity index (χ1n) is 10.6. The number of hydrogen-bond donors (Lipinski definition) is 2. The lowest BCUT2D eigenvalue weighted by Gasteiger charge is -2.28. The summed E-state index contributed by atoms with van der Waals surface area (Å²) < 4.78 is 11.0. The van der Waals surface area contributed by atoms with Gasteiger partial charge in [-0.1, -0.05) is 61.2 Å². The zero-order valence-electron chi connectivity index (χ0n) is 18.7. The van der Waals surface area contributed by atoms with Crippen molar-refractivity contribution in [2.24, 2.45) is 0 Å². The Bertz CT molecular complexity index is 1250. The summed E-state index contributed by atoms with van der Waals surface area (Å²) >= 11 is 1.44. The molecule has 0 amide bonds. The third kappa shape index (κ3) is 4.80. The van der Waals surface area contributed by atoms with Gasteiger partial charge in [-0.05, 0) is 35.9 Å². The molecule has 0 radical (unpaired) electrons. The van der Waals surface area contributed by atoms with Crippen LogP contribution in [0.2, 0.25) is 0 Å². The highest BCUT2D eigenvalue weighted by Gasteiger charge is 2.36. The first-order valence-corrected chi connectivity index (χ1v) is 11.6. The largest absolute Gasteiger partial charge is 0.489 e. The van der Waals surface area contributed by atoms with Gasteiger partial charge in [0.2, 0.25) is 0 Å². The van der Waals surface area contributed by atoms with Gasteiger partial charge < -0.3 is 19.8 Å². The second-order valence-electron chi connectivity index (χ2n) is 7.50. The Morgan fingerprint density at radius 1 is 1.15 bits per heavy atom. The highest BCUT2D eigenvalue weighted by molar-refractivity contribution is 7.99. The van der Waals surface area contributed by atoms with E-state index in [1.54, 1.807) is 6.92 Å². The Morgan fingerprint density at radius 2 is 1.94 bits per heavy atom. The van der Waals surface area contributed by atoms with E-state index in [0.717, 1.165) is 16.9 Å². The lowest BCUT2D eigenvalue weighted by Crippen LogP contribution is -2.31. The number of anilines is 1. The van der Waals surface area contributed by atoms with Gasteiger partial charge in [-0.25, -0.2) is 9.78 Å². The average molecular weight is 464 g/mol. The number of hydrogen-bond acceptors (Lipinski definition) is 7. The number of aromatic nitrogens is 2. The second-order valence-corrected chi connectivity index (χ2v) is 8.75. The Hall–Kier alpha value is -3.52. The van der Waals surface area contributed by atoms with Crippen LogP contribution in [0.15, 0.2) is 75.8 Å². The minimum Gasteiger partial charge on any atom is -0.489 e. The molecule has 2 aromatic carbocycles. The van der Waals surface area contributed by atoms with Crippen molar-refractivity contribution in [3.8, 4) is 5.75 Å². The van der Waals surface area contributed by atoms with E-state index >= 15 is 0 Å². The van der Waals surface area contributed by atoms with E-state index in [1.807, 2.05) is 61.5 Å². The summed E-state index contributed by atoms with van der Waals surface area (Å²) in [5.74, 6) is 0.707. The molecule has 3 aromatic rings. The van der Waals surface area contributed by atoms with Gasteiger partial charge in [-0.3, -0.25) is 4.79 Å². The average Bonchev–Trinajstić information content (AvgIpc) is 2.82. The molecular formula is C25H25N3O4S. The number of carbonyl (C=O) groups excluding carboxylic acids is 1. The van der Waals surface area contributed by atoms with E-state index in [4.69, 9.17) is 9.47 Å². The van der Waals surface area contributed by atoms with Crippen LogP contribution < -0.4 is 15.6 Å². The normalized spacial score (nSPS) is 14.9. The van der Waals surface area contributed by atoms with Crippen LogP contribution in [0.25, 0.3) is 0 Å². The van der Waals surface area contributed by atoms with Gasteiger partial charge >= 0.3 is 5.97 Å². The van der Waals surface area contributed by atoms with E-state index < -0.39 is 11.9 Å². The Kier molecular flexibility index (Phi) is 6.84. The molecule has 33 heavy (non-hydrogen) atoms. The van der Waals surface area contributed by atoms with Gasteiger partial charge in [-0.2, -0.15) is 0 Å². The van der Waals surface area contributed by atoms with Crippen molar-refractivity contribution in [1.29, 1.82) is 0 Å². The molecule has 4 rings (SSSR count). The van der Waals surface area contributed by atoms with Crippen LogP contribution in [0, 0.1) is 0 Å². The van der Waals surface area contributed by atoms with Crippen molar-refractivity contribution in [3.05, 3.63) is 92.9 Å². The number of fused-ring (bicyclic) bond motifs is 1. The van der Waals surface area contributed by atoms with Gasteiger partial charge in [-0.15, -0.1) is 0 Å². The fraction of sp³-hybridized carbons (Fsp3) is 0.240. The standard InChI is InChI=1S/C25H25N3O4S/c1-4-33-25-27-22-21(23(29)28-25)20(19(15(2)26-22)24(30)31-3)17-11-8-12-18(13-17)32-14-16-9-6-5-7-10-16/h5-13,20H,4,14H2,1-3H3,(H2,26,27,28,29). The summed E-state index contributed by atoms with van der Waals surface area (Å²) in [5.41, 5.74) is 2.84. The third-order valence-corrected chi connectivity index (χ3v) is 6.10. The number of ether oxygens (including phenoxy) is 2. The molecule has 7 nitrogen and oxygen atoms in total. The fourth-order valence-electron chi connectivity index (χ4n) is 3.87. The number of benzene rings is 2. The molecule has 0 fully saturated rings. The van der Waals surface area contributed by atoms with Crippen molar-refractivity contribution >= 4 is 23.5 Å². The van der Waals surface area contributed by atoms with Crippen molar-refractivity contribution in [1.82, 2.24) is 9.97 Å². The van der Waals surface area contributed by atoms with Crippen LogP contribution >= 0.6 is 11.8 Å². The zero-order chi connectivity index (χ0) is 23.4. The van der Waals surface area contributed by atoms with E-state index in [-0.39, 0.29) is 5.56 Å². The van der Waals surface area contributed by atoms with Crippen LogP contribution in [-0.2, 0) is 16.1 Å². The van der Waals surface area contributed by atoms with E-state index in [2.05, 4.69) is 15.3 Å². The molecule has 0 saturated heterocycles. The molecule has 1 aromatic heterocycles. The number of allylic oxidation sites excluding steroid dienone is 1. The molecule has 0 aliphatic carbocycles. The summed E-state index contributed by atoms with van der Waals surface area (Å²) in [7, 11) is 1.33. The molecule has 1 atom stereocenters. The number of methoxy groups -OCH3 is 1. The quantitative estimate of drug-likeness (QED) is 0.303. The predicted molar refractivity (Wildman–Crippen MR) is 129 cm³/mol. The maximum Gasteiger partial charge on any atom is 0.336 e. The monoisotopic (exact) mass is 463 g/mol. The van der Waals surface area contributed by atoms with Crippen molar-refractivity contribution in [2.45, 2.75) is 31.5 Å². The van der Waals surface area contributed by atoms with Crippen molar-refractivity contribution in [3.63, 3.8) is 0 Å². The summed E-state index contributed by atoms with van der Waals surface area (Å²) in [6.45, 7) is 4.18. The number of esters is 1. The van der Waals surface area contributed by atoms with Gasteiger partial charge in [0.15, 0.2) is 5.16 Å². The highest BCUT2D eigenvalue weighted by atomic mass is 32.2. The molecule has 2 N–H and O–H groups in total. The molecule has 0 bridgehead atoms. The molecule has 170 valence electrons. The smallest absolute Gasteiger partial charge is 0.336 e. The number of thioether (sulfide) groups is 1. The molecule has 2 heterocycles. The van der Waals surface area contributed by atoms with Gasteiger partial charge in [0, 0.05) is 5.70 Å². The molecule has 1 aliphatic heterocycles. The van der Waals surface area contributed by atoms with Crippen molar-refractivity contribution in [2.75, 3.05) is 18.2 Å². The first-order chi connectivity index (χ1) is 16.0. The lowest BCUT2D eigenvalue weighted by atomic mass is 9.82. The summed E-state index contributed by atoms with van der Waals surface area (Å²) in [4.78, 5) is 33.3. The Balaban J connectivity index is 1.77. The predicted octanol–water partition coefficient (Wildman–Crippen LogP) is 4.47. The summed E-state index contributed by atoms with van der Waals surface area (Å²) in [6, 6.07) is 17.3. The summed E-state index contributed by atoms with van der Waals surface area (Å²) in [6.07, 6.45) is 0. The lowest BCUT2D eigenvalue weighted by molar-refractivity contribution is -0.136. The molecule has 0 spiro atoms. The minimum absolute atomic E-state index is 0.294. The van der Waals surface area contributed by atoms with Crippen LogP contribution in [0.4, 0.5) is 5.82 Å². The number of aromatic amines is 1. The number of nitrogens with one attached hydrogen (secondary N) is 2. The number of H-pyrrole nitrogens is 1. The second kappa shape index (κ2) is 9.95. The minimum atomic E-state index is -0.647. The van der Waals surface area contributed by atoms with Crippen LogP contribution in [0.1, 0.15) is 36.5 Å². The van der Waals surface area contributed by atoms with Gasteiger partial charge in [0.1, 0.15) is 18.2 Å². The molecular weight excluding hydrogens is 438 g/mol. The number of carbonyl (C=O) groups is 1. The Labute approximate surface area is 196 Å². The van der Waals surface area contributed by atoms with Crippen LogP contribution in [-0.4, -0.2) is 28.8 Å². The van der Waals surface area contributed by atoms with Crippen LogP contribution in [0.3, 0.4) is 0 Å². The van der Waals surface area contributed by atoms with E-state index in [9.17, 15) is 9.59 Å². The number of nitrogens with zero attached hydrogens (tertiary/aromatic N) is 1. The zero-order valence-corrected chi connectivity index (χ0v) is 19.5. The van der Waals surface area contributed by atoms with Crippen LogP contribution in [0.5, 0.6) is 5.75 Å². The SMILES string of the molecule is CCSc1nc2c(c(=O)[nH]1)C(c1cccc(OCc3ccccc3)c1)C(C(=O)OC)=C(C)N2. The summed E-state index contributed by atoms with van der Waals surface area (Å²) in [5, 5.41) is 3.66. The molecule has 1 aliphatic rings.